The fourth-order valence-corrected chi connectivity index (χ4v) is 3.92. The third-order valence-electron chi connectivity index (χ3n) is 5.49. The van der Waals surface area contributed by atoms with Gasteiger partial charge in [0, 0.05) is 24.0 Å². The molecule has 2 aromatic heterocycles. The highest BCUT2D eigenvalue weighted by Crippen LogP contribution is 2.29. The topological polar surface area (TPSA) is 93.1 Å². The highest BCUT2D eigenvalue weighted by Gasteiger charge is 2.26. The summed E-state index contributed by atoms with van der Waals surface area (Å²) in [5.74, 6) is -0.0986. The molecule has 1 aliphatic rings. The Kier molecular flexibility index (Phi) is 5.40. The van der Waals surface area contributed by atoms with Crippen molar-refractivity contribution >= 4 is 17.3 Å². The number of imidazole rings is 1. The van der Waals surface area contributed by atoms with Crippen LogP contribution >= 0.6 is 0 Å². The van der Waals surface area contributed by atoms with Gasteiger partial charge in [-0.25, -0.2) is 4.98 Å². The van der Waals surface area contributed by atoms with Gasteiger partial charge in [0.25, 0.3) is 0 Å². The zero-order valence-electron chi connectivity index (χ0n) is 16.5. The second-order valence-corrected chi connectivity index (χ2v) is 7.44. The number of ether oxygens (including phenoxy) is 1. The maximum Gasteiger partial charge on any atom is 0.306 e. The van der Waals surface area contributed by atoms with Crippen molar-refractivity contribution in [3.05, 3.63) is 48.3 Å². The van der Waals surface area contributed by atoms with Gasteiger partial charge in [-0.05, 0) is 69.3 Å². The number of aromatic nitrogens is 2. The van der Waals surface area contributed by atoms with E-state index in [0.717, 1.165) is 41.4 Å². The molecule has 0 saturated carbocycles. The highest BCUT2D eigenvalue weighted by molar-refractivity contribution is 5.70. The SMILES string of the molecule is CCOc1ccc(-c2nc3ccc(N)cn3c2CN2CCC(C(=O)O)CC2)cc1. The van der Waals surface area contributed by atoms with E-state index in [1.54, 1.807) is 0 Å². The molecule has 0 spiro atoms. The summed E-state index contributed by atoms with van der Waals surface area (Å²) in [6, 6.07) is 11.7. The Balaban J connectivity index is 1.67. The maximum absolute atomic E-state index is 11.2. The monoisotopic (exact) mass is 394 g/mol. The molecule has 0 radical (unpaired) electrons. The molecule has 0 unspecified atom stereocenters. The number of piperidine rings is 1. The molecular formula is C22H26N4O3. The number of anilines is 1. The quantitative estimate of drug-likeness (QED) is 0.666. The van der Waals surface area contributed by atoms with E-state index in [9.17, 15) is 9.90 Å². The van der Waals surface area contributed by atoms with E-state index in [-0.39, 0.29) is 5.92 Å². The van der Waals surface area contributed by atoms with Crippen LogP contribution in [0.25, 0.3) is 16.9 Å². The first-order valence-electron chi connectivity index (χ1n) is 10.00. The summed E-state index contributed by atoms with van der Waals surface area (Å²) in [6.07, 6.45) is 3.25. The molecule has 7 heteroatoms. The fraction of sp³-hybridized carbons (Fsp3) is 0.364. The third kappa shape index (κ3) is 4.05. The summed E-state index contributed by atoms with van der Waals surface area (Å²) in [5.41, 5.74) is 10.6. The number of carboxylic acid groups (broad SMARTS) is 1. The van der Waals surface area contributed by atoms with E-state index < -0.39 is 5.97 Å². The first kappa shape index (κ1) is 19.3. The van der Waals surface area contributed by atoms with Gasteiger partial charge in [0.1, 0.15) is 11.4 Å². The normalized spacial score (nSPS) is 15.6. The minimum absolute atomic E-state index is 0.241. The summed E-state index contributed by atoms with van der Waals surface area (Å²) in [5, 5.41) is 9.25. The van der Waals surface area contributed by atoms with Gasteiger partial charge in [-0.2, -0.15) is 0 Å². The number of carboxylic acids is 1. The molecule has 1 aliphatic heterocycles. The van der Waals surface area contributed by atoms with Crippen LogP contribution in [0.4, 0.5) is 5.69 Å². The van der Waals surface area contributed by atoms with Crippen molar-refractivity contribution in [3.63, 3.8) is 0 Å². The average molecular weight is 394 g/mol. The van der Waals surface area contributed by atoms with E-state index >= 15 is 0 Å². The van der Waals surface area contributed by atoms with Gasteiger partial charge in [0.05, 0.1) is 23.9 Å². The van der Waals surface area contributed by atoms with Crippen LogP contribution in [0.15, 0.2) is 42.6 Å². The lowest BCUT2D eigenvalue weighted by molar-refractivity contribution is -0.143. The van der Waals surface area contributed by atoms with E-state index in [4.69, 9.17) is 15.5 Å². The molecule has 0 amide bonds. The number of nitrogens with zero attached hydrogens (tertiary/aromatic N) is 3. The number of rotatable bonds is 6. The molecule has 1 aromatic carbocycles. The van der Waals surface area contributed by atoms with Crippen LogP contribution in [0, 0.1) is 5.92 Å². The Bertz CT molecular complexity index is 1000. The van der Waals surface area contributed by atoms with Crippen LogP contribution in [0.5, 0.6) is 5.75 Å². The number of fused-ring (bicyclic) bond motifs is 1. The summed E-state index contributed by atoms with van der Waals surface area (Å²) >= 11 is 0. The predicted octanol–water partition coefficient (Wildman–Crippen LogP) is 3.28. The molecule has 0 bridgehead atoms. The van der Waals surface area contributed by atoms with Crippen molar-refractivity contribution in [2.24, 2.45) is 5.92 Å². The molecule has 0 aliphatic carbocycles. The molecule has 3 heterocycles. The summed E-state index contributed by atoms with van der Waals surface area (Å²) in [4.78, 5) is 18.4. The molecular weight excluding hydrogens is 368 g/mol. The number of nitrogen functional groups attached to an aromatic ring is 1. The summed E-state index contributed by atoms with van der Waals surface area (Å²) in [7, 11) is 0. The largest absolute Gasteiger partial charge is 0.494 e. The number of benzene rings is 1. The zero-order valence-corrected chi connectivity index (χ0v) is 16.5. The summed E-state index contributed by atoms with van der Waals surface area (Å²) in [6.45, 7) is 4.81. The molecule has 0 atom stereocenters. The smallest absolute Gasteiger partial charge is 0.306 e. The van der Waals surface area contributed by atoms with Crippen LogP contribution in [-0.4, -0.2) is 45.1 Å². The van der Waals surface area contributed by atoms with E-state index in [2.05, 4.69) is 4.90 Å². The molecule has 3 N–H and O–H groups in total. The third-order valence-corrected chi connectivity index (χ3v) is 5.49. The van der Waals surface area contributed by atoms with Gasteiger partial charge < -0.3 is 20.0 Å². The standard InChI is InChI=1S/C22H26N4O3/c1-2-29-18-6-3-15(4-7-18)21-19(26-13-17(23)5-8-20(26)24-21)14-25-11-9-16(10-12-25)22(27)28/h3-8,13,16H,2,9-12,14,23H2,1H3,(H,27,28). The fourth-order valence-electron chi connectivity index (χ4n) is 3.92. The number of nitrogens with two attached hydrogens (primary N) is 1. The van der Waals surface area contributed by atoms with Crippen molar-refractivity contribution in [2.75, 3.05) is 25.4 Å². The lowest BCUT2D eigenvalue weighted by atomic mass is 9.97. The molecule has 1 saturated heterocycles. The number of hydrogen-bond acceptors (Lipinski definition) is 5. The second kappa shape index (κ2) is 8.13. The lowest BCUT2D eigenvalue weighted by Gasteiger charge is -2.30. The Morgan fingerprint density at radius 2 is 1.93 bits per heavy atom. The van der Waals surface area contributed by atoms with Gasteiger partial charge in [-0.3, -0.25) is 9.69 Å². The van der Waals surface area contributed by atoms with Crippen molar-refractivity contribution in [1.82, 2.24) is 14.3 Å². The van der Waals surface area contributed by atoms with Crippen molar-refractivity contribution in [1.29, 1.82) is 0 Å². The highest BCUT2D eigenvalue weighted by atomic mass is 16.5. The first-order chi connectivity index (χ1) is 14.0. The first-order valence-corrected chi connectivity index (χ1v) is 10.00. The Hall–Kier alpha value is -3.06. The molecule has 3 aromatic rings. The average Bonchev–Trinajstić information content (AvgIpc) is 3.07. The number of carbonyl (C=O) groups is 1. The van der Waals surface area contributed by atoms with Gasteiger partial charge in [0.15, 0.2) is 0 Å². The zero-order chi connectivity index (χ0) is 20.4. The Labute approximate surface area is 169 Å². The second-order valence-electron chi connectivity index (χ2n) is 7.44. The molecule has 152 valence electrons. The van der Waals surface area contributed by atoms with Crippen LogP contribution in [0.2, 0.25) is 0 Å². The van der Waals surface area contributed by atoms with Crippen molar-refractivity contribution in [2.45, 2.75) is 26.3 Å². The molecule has 4 rings (SSSR count). The number of aliphatic carboxylic acids is 1. The van der Waals surface area contributed by atoms with Crippen molar-refractivity contribution in [3.8, 4) is 17.0 Å². The van der Waals surface area contributed by atoms with Crippen LogP contribution < -0.4 is 10.5 Å². The minimum Gasteiger partial charge on any atom is -0.494 e. The van der Waals surface area contributed by atoms with Gasteiger partial charge >= 0.3 is 5.97 Å². The Morgan fingerprint density at radius 3 is 2.59 bits per heavy atom. The van der Waals surface area contributed by atoms with E-state index in [1.165, 1.54) is 0 Å². The number of pyridine rings is 1. The van der Waals surface area contributed by atoms with Gasteiger partial charge in [0.2, 0.25) is 0 Å². The van der Waals surface area contributed by atoms with Crippen LogP contribution in [0.3, 0.4) is 0 Å². The predicted molar refractivity (Wildman–Crippen MR) is 112 cm³/mol. The lowest BCUT2D eigenvalue weighted by Crippen LogP contribution is -2.36. The molecule has 1 fully saturated rings. The van der Waals surface area contributed by atoms with Gasteiger partial charge in [-0.15, -0.1) is 0 Å². The molecule has 29 heavy (non-hydrogen) atoms. The number of hydrogen-bond donors (Lipinski definition) is 2. The van der Waals surface area contributed by atoms with Crippen LogP contribution in [0.1, 0.15) is 25.5 Å². The maximum atomic E-state index is 11.2. The van der Waals surface area contributed by atoms with Gasteiger partial charge in [-0.1, -0.05) is 0 Å². The summed E-state index contributed by atoms with van der Waals surface area (Å²) < 4.78 is 7.60. The molecule has 7 nitrogen and oxygen atoms in total. The Morgan fingerprint density at radius 1 is 1.21 bits per heavy atom. The van der Waals surface area contributed by atoms with Crippen LogP contribution in [-0.2, 0) is 11.3 Å². The van der Waals surface area contributed by atoms with E-state index in [0.29, 0.717) is 31.7 Å². The van der Waals surface area contributed by atoms with E-state index in [1.807, 2.05) is 53.9 Å². The number of likely N-dealkylation sites (tertiary alicyclic amines) is 1. The van der Waals surface area contributed by atoms with Crippen molar-refractivity contribution < 1.29 is 14.6 Å². The minimum atomic E-state index is -0.692.